The molecule has 3 N–H and O–H groups in total. The number of para-hydroxylation sites is 1. The molecule has 0 fully saturated rings. The van der Waals surface area contributed by atoms with Crippen LogP contribution < -0.4 is 10.6 Å². The molecule has 1 amide bonds. The van der Waals surface area contributed by atoms with Gasteiger partial charge in [-0.15, -0.1) is 11.3 Å². The maximum atomic E-state index is 12.4. The molecule has 2 aromatic heterocycles. The van der Waals surface area contributed by atoms with Crippen LogP contribution in [0.1, 0.15) is 22.0 Å². The molecule has 1 atom stereocenters. The normalized spacial score (nSPS) is 12.1. The van der Waals surface area contributed by atoms with Gasteiger partial charge in [0.2, 0.25) is 5.91 Å². The predicted octanol–water partition coefficient (Wildman–Crippen LogP) is 4.27. The van der Waals surface area contributed by atoms with Gasteiger partial charge in [0, 0.05) is 28.5 Å². The van der Waals surface area contributed by atoms with Gasteiger partial charge in [0.25, 0.3) is 0 Å². The number of amides is 1. The van der Waals surface area contributed by atoms with Crippen LogP contribution in [0.5, 0.6) is 0 Å². The van der Waals surface area contributed by atoms with E-state index in [4.69, 9.17) is 0 Å². The Hall–Kier alpha value is -2.89. The molecule has 0 radical (unpaired) electrons. The molecule has 0 unspecified atom stereocenters. The van der Waals surface area contributed by atoms with E-state index >= 15 is 0 Å². The van der Waals surface area contributed by atoms with E-state index in [-0.39, 0.29) is 18.5 Å². The van der Waals surface area contributed by atoms with Gasteiger partial charge in [0.15, 0.2) is 0 Å². The number of benzene rings is 2. The number of hydrogen-bond acceptors (Lipinski definition) is 3. The highest BCUT2D eigenvalue weighted by atomic mass is 32.1. The van der Waals surface area contributed by atoms with E-state index in [9.17, 15) is 4.79 Å². The third-order valence-corrected chi connectivity index (χ3v) is 5.76. The van der Waals surface area contributed by atoms with Gasteiger partial charge in [0.1, 0.15) is 0 Å². The van der Waals surface area contributed by atoms with Gasteiger partial charge in [-0.2, -0.15) is 0 Å². The number of thiophene rings is 1. The second-order valence-electron chi connectivity index (χ2n) is 6.70. The Balaban J connectivity index is 1.31. The van der Waals surface area contributed by atoms with Crippen molar-refractivity contribution in [2.24, 2.45) is 0 Å². The summed E-state index contributed by atoms with van der Waals surface area (Å²) in [4.78, 5) is 16.8. The fourth-order valence-electron chi connectivity index (χ4n) is 3.42. The Kier molecular flexibility index (Phi) is 5.85. The smallest absolute Gasteiger partial charge is 0.233 e. The lowest BCUT2D eigenvalue weighted by Crippen LogP contribution is -2.36. The number of rotatable bonds is 8. The van der Waals surface area contributed by atoms with Crippen molar-refractivity contribution < 1.29 is 4.79 Å². The van der Waals surface area contributed by atoms with Gasteiger partial charge in [0.05, 0.1) is 12.6 Å². The first kappa shape index (κ1) is 18.5. The molecule has 2 aromatic carbocycles. The average molecular weight is 390 g/mol. The summed E-state index contributed by atoms with van der Waals surface area (Å²) in [7, 11) is 0. The first-order chi connectivity index (χ1) is 13.8. The Morgan fingerprint density at radius 3 is 2.64 bits per heavy atom. The highest BCUT2D eigenvalue weighted by molar-refractivity contribution is 7.10. The zero-order valence-electron chi connectivity index (χ0n) is 15.5. The fraction of sp³-hybridized carbons (Fsp3) is 0.174. The fourth-order valence-corrected chi connectivity index (χ4v) is 4.24. The number of hydrogen-bond donors (Lipinski definition) is 3. The number of H-pyrrole nitrogens is 1. The standard InChI is InChI=1S/C23H23N3OS/c27-22(24-13-12-18-15-25-20-10-5-4-9-19(18)20)16-26-23(21-11-6-14-28-21)17-7-2-1-3-8-17/h1-11,14-15,23,25-26H,12-13,16H2,(H,24,27)/t23-/m1/s1. The Labute approximate surface area is 168 Å². The largest absolute Gasteiger partial charge is 0.361 e. The zero-order valence-corrected chi connectivity index (χ0v) is 16.3. The summed E-state index contributed by atoms with van der Waals surface area (Å²) in [5.74, 6) is 0.0114. The summed E-state index contributed by atoms with van der Waals surface area (Å²) < 4.78 is 0. The van der Waals surface area contributed by atoms with Crippen LogP contribution in [0.3, 0.4) is 0 Å². The predicted molar refractivity (Wildman–Crippen MR) is 116 cm³/mol. The molecule has 4 rings (SSSR count). The third-order valence-electron chi connectivity index (χ3n) is 4.82. The average Bonchev–Trinajstić information content (AvgIpc) is 3.40. The molecule has 2 heterocycles. The number of carbonyl (C=O) groups excluding carboxylic acids is 1. The van der Waals surface area contributed by atoms with Gasteiger partial charge in [-0.1, -0.05) is 54.6 Å². The molecule has 0 saturated heterocycles. The second kappa shape index (κ2) is 8.87. The lowest BCUT2D eigenvalue weighted by Gasteiger charge is -2.18. The van der Waals surface area contributed by atoms with Gasteiger partial charge in [-0.3, -0.25) is 10.1 Å². The van der Waals surface area contributed by atoms with Crippen LogP contribution in [-0.4, -0.2) is 24.0 Å². The first-order valence-corrected chi connectivity index (χ1v) is 10.3. The molecule has 28 heavy (non-hydrogen) atoms. The maximum absolute atomic E-state index is 12.4. The topological polar surface area (TPSA) is 56.9 Å². The zero-order chi connectivity index (χ0) is 19.2. The Bertz CT molecular complexity index is 1020. The molecule has 0 aliphatic heterocycles. The number of aromatic nitrogens is 1. The van der Waals surface area contributed by atoms with E-state index in [0.29, 0.717) is 6.54 Å². The summed E-state index contributed by atoms with van der Waals surface area (Å²) in [6.45, 7) is 0.905. The van der Waals surface area contributed by atoms with Crippen LogP contribution in [0.2, 0.25) is 0 Å². The highest BCUT2D eigenvalue weighted by Crippen LogP contribution is 2.25. The van der Waals surface area contributed by atoms with Gasteiger partial charge < -0.3 is 10.3 Å². The lowest BCUT2D eigenvalue weighted by atomic mass is 10.1. The second-order valence-corrected chi connectivity index (χ2v) is 7.68. The third kappa shape index (κ3) is 4.32. The number of fused-ring (bicyclic) bond motifs is 1. The molecule has 0 aliphatic rings. The van der Waals surface area contributed by atoms with Gasteiger partial charge in [-0.05, 0) is 35.1 Å². The van der Waals surface area contributed by atoms with Crippen LogP contribution in [0.4, 0.5) is 0 Å². The molecular formula is C23H23N3OS. The van der Waals surface area contributed by atoms with Crippen molar-refractivity contribution in [3.8, 4) is 0 Å². The highest BCUT2D eigenvalue weighted by Gasteiger charge is 2.15. The van der Waals surface area contributed by atoms with Crippen LogP contribution in [0, 0.1) is 0 Å². The molecule has 4 nitrogen and oxygen atoms in total. The molecule has 5 heteroatoms. The van der Waals surface area contributed by atoms with Crippen LogP contribution in [-0.2, 0) is 11.2 Å². The minimum Gasteiger partial charge on any atom is -0.361 e. The molecule has 0 spiro atoms. The number of nitrogens with one attached hydrogen (secondary N) is 3. The summed E-state index contributed by atoms with van der Waals surface area (Å²) in [5, 5.41) is 9.71. The van der Waals surface area contributed by atoms with Crippen molar-refractivity contribution in [3.05, 3.63) is 94.3 Å². The van der Waals surface area contributed by atoms with Crippen LogP contribution in [0.15, 0.2) is 78.3 Å². The summed E-state index contributed by atoms with van der Waals surface area (Å²) in [6.07, 6.45) is 2.83. The van der Waals surface area contributed by atoms with Crippen LogP contribution >= 0.6 is 11.3 Å². The molecule has 142 valence electrons. The maximum Gasteiger partial charge on any atom is 0.233 e. The van der Waals surface area contributed by atoms with Crippen molar-refractivity contribution in [1.82, 2.24) is 15.6 Å². The summed E-state index contributed by atoms with van der Waals surface area (Å²) in [6, 6.07) is 22.6. The van der Waals surface area contributed by atoms with E-state index in [1.54, 1.807) is 11.3 Å². The number of aromatic amines is 1. The van der Waals surface area contributed by atoms with Crippen molar-refractivity contribution >= 4 is 28.1 Å². The summed E-state index contributed by atoms with van der Waals surface area (Å²) >= 11 is 1.70. The Morgan fingerprint density at radius 2 is 1.82 bits per heavy atom. The SMILES string of the molecule is O=C(CN[C@H](c1ccccc1)c1cccs1)NCCc1c[nH]c2ccccc12. The minimum atomic E-state index is 0.0114. The minimum absolute atomic E-state index is 0.0114. The van der Waals surface area contributed by atoms with E-state index in [1.807, 2.05) is 42.6 Å². The molecule has 0 aliphatic carbocycles. The lowest BCUT2D eigenvalue weighted by molar-refractivity contribution is -0.120. The molecular weight excluding hydrogens is 366 g/mol. The van der Waals surface area contributed by atoms with E-state index in [1.165, 1.54) is 15.8 Å². The molecule has 0 bridgehead atoms. The van der Waals surface area contributed by atoms with Gasteiger partial charge in [-0.25, -0.2) is 0 Å². The number of carbonyl (C=O) groups is 1. The molecule has 0 saturated carbocycles. The van der Waals surface area contributed by atoms with Crippen LogP contribution in [0.25, 0.3) is 10.9 Å². The van der Waals surface area contributed by atoms with Crippen molar-refractivity contribution in [3.63, 3.8) is 0 Å². The first-order valence-electron chi connectivity index (χ1n) is 9.44. The van der Waals surface area contributed by atoms with Gasteiger partial charge >= 0.3 is 0 Å². The van der Waals surface area contributed by atoms with E-state index in [0.717, 1.165) is 17.5 Å². The van der Waals surface area contributed by atoms with Crippen molar-refractivity contribution in [1.29, 1.82) is 0 Å². The Morgan fingerprint density at radius 1 is 1.00 bits per heavy atom. The van der Waals surface area contributed by atoms with Crippen molar-refractivity contribution in [2.45, 2.75) is 12.5 Å². The molecule has 4 aromatic rings. The monoisotopic (exact) mass is 389 g/mol. The quantitative estimate of drug-likeness (QED) is 0.422. The van der Waals surface area contributed by atoms with E-state index < -0.39 is 0 Å². The van der Waals surface area contributed by atoms with E-state index in [2.05, 4.69) is 51.3 Å². The summed E-state index contributed by atoms with van der Waals surface area (Å²) in [5.41, 5.74) is 3.52. The van der Waals surface area contributed by atoms with Crippen molar-refractivity contribution in [2.75, 3.05) is 13.1 Å².